The predicted molar refractivity (Wildman–Crippen MR) is 193 cm³/mol. The fraction of sp³-hybridized carbons (Fsp3) is 0.279. The molecule has 6 rings (SSSR count). The molecule has 0 aliphatic carbocycles. The van der Waals surface area contributed by atoms with E-state index in [0.29, 0.717) is 37.7 Å². The first-order valence-electron chi connectivity index (χ1n) is 17.2. The molecule has 0 bridgehead atoms. The normalized spacial score (nSPS) is 20.1. The van der Waals surface area contributed by atoms with Crippen LogP contribution in [0.25, 0.3) is 0 Å². The summed E-state index contributed by atoms with van der Waals surface area (Å²) in [5.41, 5.74) is 4.58. The van der Waals surface area contributed by atoms with Gasteiger partial charge in [0.15, 0.2) is 0 Å². The third-order valence-electron chi connectivity index (χ3n) is 8.67. The maximum atomic E-state index is 12.0. The third-order valence-corrected chi connectivity index (χ3v) is 8.67. The first-order valence-corrected chi connectivity index (χ1v) is 17.2. The van der Waals surface area contributed by atoms with Gasteiger partial charge in [-0.2, -0.15) is 0 Å². The molecular weight excluding hydrogens is 644 g/mol. The summed E-state index contributed by atoms with van der Waals surface area (Å²) in [4.78, 5) is 12.0. The molecule has 1 aliphatic rings. The fourth-order valence-corrected chi connectivity index (χ4v) is 6.00. The van der Waals surface area contributed by atoms with Crippen LogP contribution in [-0.4, -0.2) is 56.8 Å². The number of benzene rings is 5. The van der Waals surface area contributed by atoms with Gasteiger partial charge in [-0.25, -0.2) is 4.79 Å². The van der Waals surface area contributed by atoms with Gasteiger partial charge in [0.05, 0.1) is 45.7 Å². The van der Waals surface area contributed by atoms with Crippen LogP contribution in [0.1, 0.15) is 32.6 Å². The minimum atomic E-state index is -0.575. The molecule has 1 heterocycles. The Kier molecular flexibility index (Phi) is 13.4. The van der Waals surface area contributed by atoms with Gasteiger partial charge in [-0.1, -0.05) is 121 Å². The largest absolute Gasteiger partial charge is 0.491 e. The van der Waals surface area contributed by atoms with E-state index in [9.17, 15) is 4.79 Å². The van der Waals surface area contributed by atoms with Crippen LogP contribution in [0.5, 0.6) is 5.75 Å². The highest BCUT2D eigenvalue weighted by Crippen LogP contribution is 2.32. The molecule has 1 unspecified atom stereocenters. The van der Waals surface area contributed by atoms with E-state index in [4.69, 9.17) is 33.2 Å². The molecule has 5 atom stereocenters. The van der Waals surface area contributed by atoms with Crippen LogP contribution in [-0.2, 0) is 54.8 Å². The second kappa shape index (κ2) is 19.0. The van der Waals surface area contributed by atoms with Crippen molar-refractivity contribution in [2.75, 3.05) is 20.3 Å². The van der Waals surface area contributed by atoms with Gasteiger partial charge in [0.25, 0.3) is 0 Å². The zero-order valence-corrected chi connectivity index (χ0v) is 28.8. The summed E-state index contributed by atoms with van der Waals surface area (Å²) < 4.78 is 44.6. The average Bonchev–Trinajstić information content (AvgIpc) is 3.19. The lowest BCUT2D eigenvalue weighted by atomic mass is 9.94. The van der Waals surface area contributed by atoms with E-state index in [1.54, 1.807) is 24.3 Å². The SMILES string of the molecule is COC(=O)c1ccc(OCC2O[C@H](COCc3ccccc3)[C@@H](OCc3ccccc3)[C@H](OCc3ccccc3)[C@H]2OCc2ccccc2)cc1. The quantitative estimate of drug-likeness (QED) is 0.0925. The Hall–Kier alpha value is -4.83. The number of carbonyl (C=O) groups excluding carboxylic acids is 1. The van der Waals surface area contributed by atoms with Crippen LogP contribution in [0.2, 0.25) is 0 Å². The van der Waals surface area contributed by atoms with Crippen molar-refractivity contribution >= 4 is 5.97 Å². The van der Waals surface area contributed by atoms with Gasteiger partial charge < -0.3 is 33.2 Å². The van der Waals surface area contributed by atoms with Gasteiger partial charge in [0, 0.05) is 0 Å². The van der Waals surface area contributed by atoms with E-state index in [0.717, 1.165) is 22.3 Å². The summed E-state index contributed by atoms with van der Waals surface area (Å²) >= 11 is 0. The summed E-state index contributed by atoms with van der Waals surface area (Å²) in [6, 6.07) is 47.0. The summed E-state index contributed by atoms with van der Waals surface area (Å²) in [7, 11) is 1.36. The molecule has 0 saturated carbocycles. The van der Waals surface area contributed by atoms with Gasteiger partial charge in [-0.05, 0) is 46.5 Å². The highest BCUT2D eigenvalue weighted by molar-refractivity contribution is 5.89. The van der Waals surface area contributed by atoms with Crippen molar-refractivity contribution < 1.29 is 38.0 Å². The van der Waals surface area contributed by atoms with Gasteiger partial charge in [-0.3, -0.25) is 0 Å². The Morgan fingerprint density at radius 2 is 0.922 bits per heavy atom. The van der Waals surface area contributed by atoms with E-state index < -0.39 is 36.5 Å². The molecular formula is C43H44O8. The van der Waals surface area contributed by atoms with Crippen LogP contribution in [0.4, 0.5) is 0 Å². The average molecular weight is 689 g/mol. The second-order valence-electron chi connectivity index (χ2n) is 12.3. The molecule has 1 fully saturated rings. The van der Waals surface area contributed by atoms with Gasteiger partial charge in [0.1, 0.15) is 42.9 Å². The van der Waals surface area contributed by atoms with Crippen LogP contribution in [0.15, 0.2) is 146 Å². The van der Waals surface area contributed by atoms with Crippen molar-refractivity contribution in [1.82, 2.24) is 0 Å². The molecule has 0 spiro atoms. The second-order valence-corrected chi connectivity index (χ2v) is 12.3. The highest BCUT2D eigenvalue weighted by Gasteiger charge is 2.48. The van der Waals surface area contributed by atoms with Crippen LogP contribution in [0, 0.1) is 0 Å². The Labute approximate surface area is 299 Å². The Balaban J connectivity index is 1.29. The zero-order chi connectivity index (χ0) is 35.1. The molecule has 0 radical (unpaired) electrons. The van der Waals surface area contributed by atoms with Crippen LogP contribution >= 0.6 is 0 Å². The van der Waals surface area contributed by atoms with Crippen molar-refractivity contribution in [3.63, 3.8) is 0 Å². The maximum Gasteiger partial charge on any atom is 0.337 e. The molecule has 0 amide bonds. The molecule has 5 aromatic rings. The fourth-order valence-electron chi connectivity index (χ4n) is 6.00. The van der Waals surface area contributed by atoms with Crippen LogP contribution < -0.4 is 4.74 Å². The molecule has 8 nitrogen and oxygen atoms in total. The van der Waals surface area contributed by atoms with E-state index in [1.165, 1.54) is 7.11 Å². The number of rotatable bonds is 17. The minimum absolute atomic E-state index is 0.156. The minimum Gasteiger partial charge on any atom is -0.491 e. The molecule has 264 valence electrons. The number of ether oxygens (including phenoxy) is 7. The molecule has 0 N–H and O–H groups in total. The van der Waals surface area contributed by atoms with E-state index in [2.05, 4.69) is 0 Å². The number of methoxy groups -OCH3 is 1. The monoisotopic (exact) mass is 688 g/mol. The topological polar surface area (TPSA) is 81.7 Å². The molecule has 0 aromatic heterocycles. The Bertz CT molecular complexity index is 1720. The van der Waals surface area contributed by atoms with E-state index in [-0.39, 0.29) is 13.2 Å². The molecule has 5 aromatic carbocycles. The lowest BCUT2D eigenvalue weighted by Gasteiger charge is -2.46. The molecule has 51 heavy (non-hydrogen) atoms. The number of hydrogen-bond acceptors (Lipinski definition) is 8. The smallest absolute Gasteiger partial charge is 0.337 e. The summed E-state index contributed by atoms with van der Waals surface area (Å²) in [5, 5.41) is 0. The molecule has 1 saturated heterocycles. The predicted octanol–water partition coefficient (Wildman–Crippen LogP) is 7.59. The summed E-state index contributed by atoms with van der Waals surface area (Å²) in [5.74, 6) is 0.166. The number of esters is 1. The van der Waals surface area contributed by atoms with Gasteiger partial charge >= 0.3 is 5.97 Å². The van der Waals surface area contributed by atoms with Crippen molar-refractivity contribution in [2.24, 2.45) is 0 Å². The highest BCUT2D eigenvalue weighted by atomic mass is 16.6. The first-order chi connectivity index (χ1) is 25.2. The van der Waals surface area contributed by atoms with Crippen molar-refractivity contribution in [2.45, 2.75) is 56.9 Å². The molecule has 8 heteroatoms. The van der Waals surface area contributed by atoms with Crippen molar-refractivity contribution in [3.05, 3.63) is 173 Å². The zero-order valence-electron chi connectivity index (χ0n) is 28.8. The van der Waals surface area contributed by atoms with Gasteiger partial charge in [0.2, 0.25) is 0 Å². The maximum absolute atomic E-state index is 12.0. The van der Waals surface area contributed by atoms with E-state index in [1.807, 2.05) is 121 Å². The lowest BCUT2D eigenvalue weighted by Crippen LogP contribution is -2.62. The molecule has 1 aliphatic heterocycles. The first kappa shape index (κ1) is 36.0. The van der Waals surface area contributed by atoms with Crippen LogP contribution in [0.3, 0.4) is 0 Å². The van der Waals surface area contributed by atoms with Gasteiger partial charge in [-0.15, -0.1) is 0 Å². The Morgan fingerprint density at radius 1 is 0.510 bits per heavy atom. The van der Waals surface area contributed by atoms with Crippen molar-refractivity contribution in [3.8, 4) is 5.75 Å². The summed E-state index contributed by atoms with van der Waals surface area (Å²) in [6.07, 6.45) is -2.73. The van der Waals surface area contributed by atoms with Crippen molar-refractivity contribution in [1.29, 1.82) is 0 Å². The van der Waals surface area contributed by atoms with E-state index >= 15 is 0 Å². The standard InChI is InChI=1S/C43H44O8/c1-45-43(44)36-22-24-37(25-23-36)47-31-39-41(49-28-34-18-10-4-11-19-34)42(50-29-35-20-12-5-13-21-35)40(48-27-33-16-8-3-9-17-33)38(51-39)30-46-26-32-14-6-2-7-15-32/h2-25,38-42H,26-31H2,1H3/t38-,39?,40-,41+,42+/m1/s1. The summed E-state index contributed by atoms with van der Waals surface area (Å²) in [6.45, 7) is 1.88. The Morgan fingerprint density at radius 3 is 1.37 bits per heavy atom. The number of hydrogen-bond donors (Lipinski definition) is 0. The number of carbonyl (C=O) groups is 1. The lowest BCUT2D eigenvalue weighted by molar-refractivity contribution is -0.276. The third kappa shape index (κ3) is 10.6.